The zero-order chi connectivity index (χ0) is 19.5. The predicted octanol–water partition coefficient (Wildman–Crippen LogP) is 3.33. The van der Waals surface area contributed by atoms with Crippen LogP contribution >= 0.6 is 0 Å². The van der Waals surface area contributed by atoms with Crippen molar-refractivity contribution in [2.24, 2.45) is 5.92 Å². The third-order valence-electron chi connectivity index (χ3n) is 4.73. The smallest absolute Gasteiger partial charge is 0.272 e. The highest BCUT2D eigenvalue weighted by Crippen LogP contribution is 2.21. The minimum atomic E-state index is -0.208. The van der Waals surface area contributed by atoms with Crippen LogP contribution in [0, 0.1) is 5.92 Å². The van der Waals surface area contributed by atoms with Crippen molar-refractivity contribution in [1.82, 2.24) is 30.0 Å². The first-order valence-corrected chi connectivity index (χ1v) is 9.27. The van der Waals surface area contributed by atoms with Gasteiger partial charge in [0.2, 0.25) is 0 Å². The van der Waals surface area contributed by atoms with Crippen molar-refractivity contribution in [3.63, 3.8) is 0 Å². The van der Waals surface area contributed by atoms with Gasteiger partial charge in [-0.05, 0) is 35.7 Å². The highest BCUT2D eigenvalue weighted by molar-refractivity contribution is 5.92. The molecular weight excluding hydrogens is 352 g/mol. The van der Waals surface area contributed by atoms with E-state index in [0.29, 0.717) is 12.2 Å². The van der Waals surface area contributed by atoms with Crippen LogP contribution in [0.2, 0.25) is 0 Å². The van der Waals surface area contributed by atoms with Gasteiger partial charge in [0.25, 0.3) is 5.91 Å². The van der Waals surface area contributed by atoms with Crippen LogP contribution in [0.4, 0.5) is 0 Å². The molecule has 0 aliphatic carbocycles. The van der Waals surface area contributed by atoms with Gasteiger partial charge in [0.15, 0.2) is 0 Å². The summed E-state index contributed by atoms with van der Waals surface area (Å²) in [5, 5.41) is 10.2. The number of para-hydroxylation sites is 2. The molecule has 4 aromatic rings. The molecule has 0 aliphatic heterocycles. The Bertz CT molecular complexity index is 1080. The number of benzene rings is 1. The Morgan fingerprint density at radius 1 is 1.21 bits per heavy atom. The molecule has 142 valence electrons. The van der Waals surface area contributed by atoms with E-state index in [4.69, 9.17) is 0 Å². The number of imidazole rings is 1. The number of aromatic amines is 1. The molecule has 1 aromatic carbocycles. The largest absolute Gasteiger partial charge is 0.344 e. The lowest BCUT2D eigenvalue weighted by atomic mass is 9.97. The van der Waals surface area contributed by atoms with Crippen molar-refractivity contribution in [3.05, 3.63) is 78.1 Å². The molecule has 4 rings (SSSR count). The van der Waals surface area contributed by atoms with Crippen molar-refractivity contribution in [2.45, 2.75) is 26.4 Å². The molecule has 0 bridgehead atoms. The Balaban J connectivity index is 1.49. The standard InChI is InChI=1S/C21H22N6O/c1-14(2)20(15-6-5-9-22-11-15)24-21(28)18-10-16(25-26-18)12-27-13-23-17-7-3-4-8-19(17)27/h3-11,13-14,20H,12H2,1-2H3,(H,24,28)(H,25,26)/t20-/m1/s1. The van der Waals surface area contributed by atoms with E-state index >= 15 is 0 Å². The van der Waals surface area contributed by atoms with Gasteiger partial charge in [0, 0.05) is 12.4 Å². The van der Waals surface area contributed by atoms with Crippen molar-refractivity contribution in [2.75, 3.05) is 0 Å². The molecule has 1 atom stereocenters. The van der Waals surface area contributed by atoms with Gasteiger partial charge in [-0.25, -0.2) is 4.98 Å². The second-order valence-corrected chi connectivity index (χ2v) is 7.12. The molecule has 0 fully saturated rings. The van der Waals surface area contributed by atoms with Crippen molar-refractivity contribution in [3.8, 4) is 0 Å². The van der Waals surface area contributed by atoms with Crippen molar-refractivity contribution >= 4 is 16.9 Å². The number of carbonyl (C=O) groups is 1. The Labute approximate surface area is 162 Å². The summed E-state index contributed by atoms with van der Waals surface area (Å²) in [7, 11) is 0. The number of aromatic nitrogens is 5. The summed E-state index contributed by atoms with van der Waals surface area (Å²) in [5.74, 6) is 0.0180. The quantitative estimate of drug-likeness (QED) is 0.542. The van der Waals surface area contributed by atoms with Crippen LogP contribution in [-0.2, 0) is 6.54 Å². The van der Waals surface area contributed by atoms with Gasteiger partial charge in [0.05, 0.1) is 35.6 Å². The maximum Gasteiger partial charge on any atom is 0.272 e. The third kappa shape index (κ3) is 3.64. The molecule has 3 heterocycles. The first kappa shape index (κ1) is 17.9. The van der Waals surface area contributed by atoms with Gasteiger partial charge in [-0.3, -0.25) is 14.9 Å². The van der Waals surface area contributed by atoms with Gasteiger partial charge >= 0.3 is 0 Å². The molecule has 0 saturated carbocycles. The summed E-state index contributed by atoms with van der Waals surface area (Å²) in [6, 6.07) is 13.4. The first-order chi connectivity index (χ1) is 13.6. The Kier molecular flexibility index (Phi) is 4.89. The molecule has 3 aromatic heterocycles. The maximum absolute atomic E-state index is 12.7. The molecule has 28 heavy (non-hydrogen) atoms. The number of rotatable bonds is 6. The van der Waals surface area contributed by atoms with Crippen LogP contribution in [0.5, 0.6) is 0 Å². The van der Waals surface area contributed by atoms with Crippen LogP contribution in [0.25, 0.3) is 11.0 Å². The van der Waals surface area contributed by atoms with Crippen LogP contribution in [-0.4, -0.2) is 30.6 Å². The summed E-state index contributed by atoms with van der Waals surface area (Å²) in [4.78, 5) is 21.3. The first-order valence-electron chi connectivity index (χ1n) is 9.27. The summed E-state index contributed by atoms with van der Waals surface area (Å²) < 4.78 is 2.02. The van der Waals surface area contributed by atoms with E-state index in [1.807, 2.05) is 41.0 Å². The number of fused-ring (bicyclic) bond motifs is 1. The number of carbonyl (C=O) groups excluding carboxylic acids is 1. The average Bonchev–Trinajstić information content (AvgIpc) is 3.34. The van der Waals surface area contributed by atoms with E-state index < -0.39 is 0 Å². The lowest BCUT2D eigenvalue weighted by Crippen LogP contribution is -2.32. The Hall–Kier alpha value is -3.48. The third-order valence-corrected chi connectivity index (χ3v) is 4.73. The molecule has 7 nitrogen and oxygen atoms in total. The SMILES string of the molecule is CC(C)[C@@H](NC(=O)c1cc(Cn2cnc3ccccc32)[nH]n1)c1cccnc1. The summed E-state index contributed by atoms with van der Waals surface area (Å²) in [6.07, 6.45) is 5.30. The minimum absolute atomic E-state index is 0.126. The van der Waals surface area contributed by atoms with Gasteiger partial charge in [-0.15, -0.1) is 0 Å². The number of hydrogen-bond donors (Lipinski definition) is 2. The lowest BCUT2D eigenvalue weighted by Gasteiger charge is -2.22. The Morgan fingerprint density at radius 2 is 2.07 bits per heavy atom. The molecule has 2 N–H and O–H groups in total. The molecule has 7 heteroatoms. The molecule has 0 saturated heterocycles. The molecule has 0 spiro atoms. The van der Waals surface area contributed by atoms with E-state index in [1.165, 1.54) is 0 Å². The summed E-state index contributed by atoms with van der Waals surface area (Å²) in [5.41, 5.74) is 4.17. The Morgan fingerprint density at radius 3 is 2.86 bits per heavy atom. The van der Waals surface area contributed by atoms with Crippen LogP contribution in [0.15, 0.2) is 61.2 Å². The average molecular weight is 374 g/mol. The number of amides is 1. The van der Waals surface area contributed by atoms with Gasteiger partial charge in [-0.2, -0.15) is 5.10 Å². The predicted molar refractivity (Wildman–Crippen MR) is 107 cm³/mol. The molecule has 0 aliphatic rings. The van der Waals surface area contributed by atoms with E-state index in [-0.39, 0.29) is 17.9 Å². The highest BCUT2D eigenvalue weighted by Gasteiger charge is 2.21. The molecule has 0 unspecified atom stereocenters. The van der Waals surface area contributed by atoms with E-state index in [1.54, 1.807) is 24.8 Å². The highest BCUT2D eigenvalue weighted by atomic mass is 16.2. The van der Waals surface area contributed by atoms with Crippen LogP contribution < -0.4 is 5.32 Å². The molecular formula is C21H22N6O. The number of hydrogen-bond acceptors (Lipinski definition) is 4. The minimum Gasteiger partial charge on any atom is -0.344 e. The van der Waals surface area contributed by atoms with Gasteiger partial charge in [-0.1, -0.05) is 32.0 Å². The van der Waals surface area contributed by atoms with Gasteiger partial charge < -0.3 is 9.88 Å². The fraction of sp³-hybridized carbons (Fsp3) is 0.238. The van der Waals surface area contributed by atoms with E-state index in [0.717, 1.165) is 22.3 Å². The fourth-order valence-corrected chi connectivity index (χ4v) is 3.29. The second kappa shape index (κ2) is 7.64. The van der Waals surface area contributed by atoms with Crippen LogP contribution in [0.3, 0.4) is 0 Å². The van der Waals surface area contributed by atoms with Gasteiger partial charge in [0.1, 0.15) is 5.69 Å². The number of H-pyrrole nitrogens is 1. The van der Waals surface area contributed by atoms with Crippen molar-refractivity contribution in [1.29, 1.82) is 0 Å². The van der Waals surface area contributed by atoms with E-state index in [9.17, 15) is 4.79 Å². The number of nitrogens with one attached hydrogen (secondary N) is 2. The maximum atomic E-state index is 12.7. The topological polar surface area (TPSA) is 88.5 Å². The second-order valence-electron chi connectivity index (χ2n) is 7.12. The zero-order valence-corrected chi connectivity index (χ0v) is 15.8. The fourth-order valence-electron chi connectivity index (χ4n) is 3.29. The summed E-state index contributed by atoms with van der Waals surface area (Å²) >= 11 is 0. The summed E-state index contributed by atoms with van der Waals surface area (Å²) in [6.45, 7) is 4.70. The van der Waals surface area contributed by atoms with E-state index in [2.05, 4.69) is 39.3 Å². The van der Waals surface area contributed by atoms with Crippen LogP contribution in [0.1, 0.15) is 41.6 Å². The number of pyridine rings is 1. The molecule has 1 amide bonds. The molecule has 0 radical (unpaired) electrons. The monoisotopic (exact) mass is 374 g/mol. The number of nitrogens with zero attached hydrogens (tertiary/aromatic N) is 4. The zero-order valence-electron chi connectivity index (χ0n) is 15.8. The normalized spacial score (nSPS) is 12.4. The lowest BCUT2D eigenvalue weighted by molar-refractivity contribution is 0.0920. The van der Waals surface area contributed by atoms with Crippen molar-refractivity contribution < 1.29 is 4.79 Å².